The molecule has 6 nitrogen and oxygen atoms in total. The quantitative estimate of drug-likeness (QED) is 0.785. The Balaban J connectivity index is 3.42. The summed E-state index contributed by atoms with van der Waals surface area (Å²) in [5.74, 6) is -1.17. The molecule has 0 heterocycles. The molecular weight excluding hydrogens is 319 g/mol. The first-order chi connectivity index (χ1) is 9.51. The fraction of sp³-hybridized carbons (Fsp3) is 0.333. The Morgan fingerprint density at radius 2 is 1.90 bits per heavy atom. The van der Waals surface area contributed by atoms with Gasteiger partial charge in [-0.2, -0.15) is 4.31 Å². The lowest BCUT2D eigenvalue weighted by molar-refractivity contribution is 0.380. The second-order valence-electron chi connectivity index (χ2n) is 4.59. The van der Waals surface area contributed by atoms with Crippen molar-refractivity contribution in [2.75, 3.05) is 6.54 Å². The van der Waals surface area contributed by atoms with E-state index in [9.17, 15) is 21.2 Å². The summed E-state index contributed by atoms with van der Waals surface area (Å²) < 4.78 is 62.1. The molecule has 118 valence electrons. The molecule has 1 aromatic rings. The standard InChI is InChI=1S/C12H17FN2O4S2/c1-4-7-15(9(2)3)21(18,19)12-6-5-10(8-11(12)13)20(14,16)17/h4-6,8-9H,1,7H2,2-3H3,(H2,14,16,17). The topological polar surface area (TPSA) is 97.5 Å². The maximum Gasteiger partial charge on any atom is 0.246 e. The van der Waals surface area contributed by atoms with E-state index < -0.39 is 41.7 Å². The Hall–Kier alpha value is -1.29. The van der Waals surface area contributed by atoms with Crippen LogP contribution in [0, 0.1) is 5.82 Å². The Morgan fingerprint density at radius 3 is 2.29 bits per heavy atom. The zero-order chi connectivity index (χ0) is 16.4. The highest BCUT2D eigenvalue weighted by Crippen LogP contribution is 2.23. The second kappa shape index (κ2) is 6.22. The highest BCUT2D eigenvalue weighted by Gasteiger charge is 2.29. The molecule has 0 fully saturated rings. The van der Waals surface area contributed by atoms with Crippen molar-refractivity contribution in [1.82, 2.24) is 4.31 Å². The predicted octanol–water partition coefficient (Wildman–Crippen LogP) is 1.06. The molecule has 0 unspecified atom stereocenters. The molecule has 2 N–H and O–H groups in total. The minimum absolute atomic E-state index is 0.0103. The molecule has 0 aliphatic heterocycles. The van der Waals surface area contributed by atoms with Gasteiger partial charge in [0.25, 0.3) is 0 Å². The Kier molecular flexibility index (Phi) is 5.26. The number of hydrogen-bond acceptors (Lipinski definition) is 4. The van der Waals surface area contributed by atoms with Crippen LogP contribution in [-0.2, 0) is 20.0 Å². The monoisotopic (exact) mass is 336 g/mol. The fourth-order valence-corrected chi connectivity index (χ4v) is 3.89. The summed E-state index contributed by atoms with van der Waals surface area (Å²) in [5, 5.41) is 4.87. The van der Waals surface area contributed by atoms with Gasteiger partial charge in [0.1, 0.15) is 10.7 Å². The van der Waals surface area contributed by atoms with Crippen LogP contribution in [0.25, 0.3) is 0 Å². The lowest BCUT2D eigenvalue weighted by Crippen LogP contribution is -2.37. The van der Waals surface area contributed by atoms with Crippen molar-refractivity contribution < 1.29 is 21.2 Å². The van der Waals surface area contributed by atoms with E-state index in [1.165, 1.54) is 6.08 Å². The summed E-state index contributed by atoms with van der Waals surface area (Å²) in [6, 6.07) is 2.03. The van der Waals surface area contributed by atoms with Crippen LogP contribution in [0.15, 0.2) is 40.6 Å². The molecule has 0 aliphatic rings. The van der Waals surface area contributed by atoms with Gasteiger partial charge >= 0.3 is 0 Å². The highest BCUT2D eigenvalue weighted by atomic mass is 32.2. The van der Waals surface area contributed by atoms with Crippen LogP contribution in [0.1, 0.15) is 13.8 Å². The van der Waals surface area contributed by atoms with Gasteiger partial charge < -0.3 is 0 Å². The number of rotatable bonds is 6. The van der Waals surface area contributed by atoms with Gasteiger partial charge in [0.05, 0.1) is 4.90 Å². The van der Waals surface area contributed by atoms with E-state index >= 15 is 0 Å². The van der Waals surface area contributed by atoms with Crippen molar-refractivity contribution in [3.8, 4) is 0 Å². The van der Waals surface area contributed by atoms with Gasteiger partial charge in [-0.3, -0.25) is 0 Å². The minimum Gasteiger partial charge on any atom is -0.225 e. The minimum atomic E-state index is -4.10. The van der Waals surface area contributed by atoms with Crippen molar-refractivity contribution in [2.24, 2.45) is 5.14 Å². The molecule has 0 aliphatic carbocycles. The van der Waals surface area contributed by atoms with Crippen LogP contribution in [0.5, 0.6) is 0 Å². The summed E-state index contributed by atoms with van der Waals surface area (Å²) in [4.78, 5) is -1.09. The van der Waals surface area contributed by atoms with E-state index in [-0.39, 0.29) is 6.54 Å². The van der Waals surface area contributed by atoms with Crippen molar-refractivity contribution >= 4 is 20.0 Å². The number of benzene rings is 1. The molecule has 0 atom stereocenters. The third kappa shape index (κ3) is 3.88. The molecule has 0 aromatic heterocycles. The molecule has 0 radical (unpaired) electrons. The molecule has 0 spiro atoms. The summed E-state index contributed by atoms with van der Waals surface area (Å²) in [6.45, 7) is 6.75. The molecule has 9 heteroatoms. The third-order valence-electron chi connectivity index (χ3n) is 2.70. The SMILES string of the molecule is C=CCN(C(C)C)S(=O)(=O)c1ccc(S(N)(=O)=O)cc1F. The lowest BCUT2D eigenvalue weighted by Gasteiger charge is -2.24. The maximum absolute atomic E-state index is 14.0. The molecule has 1 aromatic carbocycles. The third-order valence-corrected chi connectivity index (χ3v) is 5.69. The van der Waals surface area contributed by atoms with Gasteiger partial charge in [-0.1, -0.05) is 6.08 Å². The molecule has 1 rings (SSSR count). The molecule has 0 bridgehead atoms. The van der Waals surface area contributed by atoms with Crippen molar-refractivity contribution in [3.05, 3.63) is 36.7 Å². The predicted molar refractivity (Wildman–Crippen MR) is 77.0 cm³/mol. The van der Waals surface area contributed by atoms with Crippen LogP contribution in [0.3, 0.4) is 0 Å². The Bertz CT molecular complexity index is 743. The summed E-state index contributed by atoms with van der Waals surface area (Å²) in [7, 11) is -8.20. The first-order valence-corrected chi connectivity index (χ1v) is 8.95. The molecule has 0 amide bonds. The average molecular weight is 336 g/mol. The van der Waals surface area contributed by atoms with Crippen molar-refractivity contribution in [3.63, 3.8) is 0 Å². The van der Waals surface area contributed by atoms with Crippen LogP contribution < -0.4 is 5.14 Å². The van der Waals surface area contributed by atoms with Crippen LogP contribution >= 0.6 is 0 Å². The molecule has 0 saturated carbocycles. The zero-order valence-corrected chi connectivity index (χ0v) is 13.3. The lowest BCUT2D eigenvalue weighted by atomic mass is 10.3. The number of hydrogen-bond donors (Lipinski definition) is 1. The van der Waals surface area contributed by atoms with Gasteiger partial charge in [0.2, 0.25) is 20.0 Å². The summed E-state index contributed by atoms with van der Waals surface area (Å²) in [5.41, 5.74) is 0. The first-order valence-electron chi connectivity index (χ1n) is 5.97. The molecular formula is C12H17FN2O4S2. The van der Waals surface area contributed by atoms with E-state index in [1.54, 1.807) is 13.8 Å². The van der Waals surface area contributed by atoms with Crippen molar-refractivity contribution in [2.45, 2.75) is 29.7 Å². The van der Waals surface area contributed by atoms with Gasteiger partial charge in [-0.15, -0.1) is 6.58 Å². The zero-order valence-electron chi connectivity index (χ0n) is 11.7. The van der Waals surface area contributed by atoms with Crippen LogP contribution in [0.4, 0.5) is 4.39 Å². The molecule has 0 saturated heterocycles. The fourth-order valence-electron chi connectivity index (χ4n) is 1.71. The average Bonchev–Trinajstić information content (AvgIpc) is 2.33. The second-order valence-corrected chi connectivity index (χ2v) is 8.01. The van der Waals surface area contributed by atoms with Gasteiger partial charge in [0, 0.05) is 12.6 Å². The van der Waals surface area contributed by atoms with E-state index in [1.807, 2.05) is 0 Å². The molecule has 21 heavy (non-hydrogen) atoms. The van der Waals surface area contributed by atoms with Crippen LogP contribution in [0.2, 0.25) is 0 Å². The number of halogens is 1. The number of sulfonamides is 2. The van der Waals surface area contributed by atoms with Gasteiger partial charge in [0.15, 0.2) is 0 Å². The summed E-state index contributed by atoms with van der Waals surface area (Å²) in [6.07, 6.45) is 1.38. The normalized spacial score (nSPS) is 12.9. The van der Waals surface area contributed by atoms with Crippen molar-refractivity contribution in [1.29, 1.82) is 0 Å². The van der Waals surface area contributed by atoms with Crippen LogP contribution in [-0.4, -0.2) is 33.7 Å². The highest BCUT2D eigenvalue weighted by molar-refractivity contribution is 7.89. The first kappa shape index (κ1) is 17.8. The smallest absolute Gasteiger partial charge is 0.225 e. The van der Waals surface area contributed by atoms with E-state index in [0.717, 1.165) is 16.4 Å². The van der Waals surface area contributed by atoms with Gasteiger partial charge in [-0.05, 0) is 32.0 Å². The van der Waals surface area contributed by atoms with Gasteiger partial charge in [-0.25, -0.2) is 26.4 Å². The van der Waals surface area contributed by atoms with E-state index in [4.69, 9.17) is 5.14 Å². The number of nitrogens with zero attached hydrogens (tertiary/aromatic N) is 1. The Morgan fingerprint density at radius 1 is 1.33 bits per heavy atom. The maximum atomic E-state index is 14.0. The van der Waals surface area contributed by atoms with E-state index in [2.05, 4.69) is 6.58 Å². The largest absolute Gasteiger partial charge is 0.246 e. The number of nitrogens with two attached hydrogens (primary N) is 1. The van der Waals surface area contributed by atoms with E-state index in [0.29, 0.717) is 6.07 Å². The summed E-state index contributed by atoms with van der Waals surface area (Å²) >= 11 is 0. The number of primary sulfonamides is 1. The Labute approximate surface area is 124 Å².